The molecule has 0 radical (unpaired) electrons. The van der Waals surface area contributed by atoms with Gasteiger partial charge in [-0.05, 0) is 65.6 Å². The second kappa shape index (κ2) is 20.4. The van der Waals surface area contributed by atoms with Gasteiger partial charge in [0.2, 0.25) is 11.8 Å². The highest BCUT2D eigenvalue weighted by atomic mass is 127. The molecule has 2 amide bonds. The van der Waals surface area contributed by atoms with E-state index in [0.717, 1.165) is 51.4 Å². The number of aliphatic hydroxyl groups excluding tert-OH is 3. The lowest BCUT2D eigenvalue weighted by molar-refractivity contribution is -0.143. The van der Waals surface area contributed by atoms with E-state index in [2.05, 4.69) is 34.8 Å². The van der Waals surface area contributed by atoms with Gasteiger partial charge in [-0.1, -0.05) is 77.6 Å². The number of amides is 2. The van der Waals surface area contributed by atoms with Crippen molar-refractivity contribution in [3.8, 4) is 11.5 Å². The van der Waals surface area contributed by atoms with Crippen molar-refractivity contribution >= 4 is 34.4 Å². The summed E-state index contributed by atoms with van der Waals surface area (Å²) < 4.78 is 12.7. The lowest BCUT2D eigenvalue weighted by atomic mass is 9.85. The number of methoxy groups -OCH3 is 1. The summed E-state index contributed by atoms with van der Waals surface area (Å²) in [7, 11) is 1.51. The first kappa shape index (κ1) is 37.6. The normalized spacial score (nSPS) is 20.4. The molecule has 1 saturated carbocycles. The van der Waals surface area contributed by atoms with Crippen molar-refractivity contribution in [1.82, 2.24) is 10.2 Å². The number of benzene rings is 1. The van der Waals surface area contributed by atoms with Crippen molar-refractivity contribution in [1.29, 1.82) is 0 Å². The molecule has 1 aromatic rings. The number of carbonyl (C=O) groups excluding carboxylic acids is 2. The van der Waals surface area contributed by atoms with E-state index in [1.807, 2.05) is 4.90 Å². The third-order valence-corrected chi connectivity index (χ3v) is 9.85. The molecule has 2 aliphatic rings. The van der Waals surface area contributed by atoms with E-state index in [0.29, 0.717) is 32.6 Å². The lowest BCUT2D eigenvalue weighted by Crippen LogP contribution is -2.58. The SMILES string of the molecule is CCCCCCCCCCCC(=O)N(C1CCCCC1)C1CC(C(=O)NCCO)=CC(Oc2c(I)cc(CO)cc2OC)C1O. The first-order chi connectivity index (χ1) is 21.8. The van der Waals surface area contributed by atoms with Gasteiger partial charge in [0.15, 0.2) is 11.5 Å². The molecular weight excluding hydrogens is 687 g/mol. The second-order valence-electron chi connectivity index (χ2n) is 12.5. The van der Waals surface area contributed by atoms with E-state index in [1.54, 1.807) is 18.2 Å². The average Bonchev–Trinajstić information content (AvgIpc) is 3.05. The van der Waals surface area contributed by atoms with Crippen molar-refractivity contribution in [2.24, 2.45) is 0 Å². The van der Waals surface area contributed by atoms with Gasteiger partial charge in [0, 0.05) is 31.0 Å². The van der Waals surface area contributed by atoms with E-state index < -0.39 is 18.2 Å². The van der Waals surface area contributed by atoms with E-state index in [1.165, 1.54) is 45.6 Å². The van der Waals surface area contributed by atoms with Crippen molar-refractivity contribution in [2.75, 3.05) is 20.3 Å². The van der Waals surface area contributed by atoms with Gasteiger partial charge in [-0.3, -0.25) is 9.59 Å². The number of carbonyl (C=O) groups is 2. The third-order valence-electron chi connectivity index (χ3n) is 9.05. The predicted octanol–water partition coefficient (Wildman–Crippen LogP) is 5.79. The zero-order chi connectivity index (χ0) is 32.6. The monoisotopic (exact) mass is 742 g/mol. The molecule has 45 heavy (non-hydrogen) atoms. The first-order valence-electron chi connectivity index (χ1n) is 17.1. The number of unbranched alkanes of at least 4 members (excludes halogenated alkanes) is 8. The summed E-state index contributed by atoms with van der Waals surface area (Å²) in [4.78, 5) is 29.1. The fraction of sp³-hybridized carbons (Fsp3) is 0.714. The molecule has 1 aromatic carbocycles. The van der Waals surface area contributed by atoms with E-state index in [4.69, 9.17) is 9.47 Å². The van der Waals surface area contributed by atoms with Crippen molar-refractivity contribution in [3.05, 3.63) is 32.9 Å². The van der Waals surface area contributed by atoms with Crippen LogP contribution in [-0.4, -0.2) is 76.6 Å². The van der Waals surface area contributed by atoms with Gasteiger partial charge < -0.3 is 35.0 Å². The van der Waals surface area contributed by atoms with Gasteiger partial charge in [0.05, 0.1) is 29.9 Å². The fourth-order valence-corrected chi connectivity index (χ4v) is 7.39. The minimum Gasteiger partial charge on any atom is -0.493 e. The van der Waals surface area contributed by atoms with Crippen LogP contribution in [0.15, 0.2) is 23.8 Å². The Balaban J connectivity index is 1.83. The molecule has 10 heteroatoms. The van der Waals surface area contributed by atoms with E-state index in [-0.39, 0.29) is 44.0 Å². The number of hydrogen-bond acceptors (Lipinski definition) is 7. The Morgan fingerprint density at radius 2 is 1.67 bits per heavy atom. The maximum atomic E-state index is 14.0. The highest BCUT2D eigenvalue weighted by Crippen LogP contribution is 2.38. The van der Waals surface area contributed by atoms with Crippen LogP contribution in [0.4, 0.5) is 0 Å². The number of nitrogens with zero attached hydrogens (tertiary/aromatic N) is 1. The highest BCUT2D eigenvalue weighted by Gasteiger charge is 2.43. The quantitative estimate of drug-likeness (QED) is 0.104. The average molecular weight is 743 g/mol. The molecule has 2 aliphatic carbocycles. The second-order valence-corrected chi connectivity index (χ2v) is 13.6. The number of aliphatic hydroxyl groups is 3. The number of hydrogen-bond donors (Lipinski definition) is 4. The van der Waals surface area contributed by atoms with Crippen molar-refractivity contribution in [2.45, 2.75) is 141 Å². The molecule has 3 unspecified atom stereocenters. The molecule has 3 atom stereocenters. The fourth-order valence-electron chi connectivity index (χ4n) is 6.60. The Kier molecular flexibility index (Phi) is 17.0. The molecule has 1 fully saturated rings. The van der Waals surface area contributed by atoms with E-state index >= 15 is 0 Å². The summed E-state index contributed by atoms with van der Waals surface area (Å²) in [6, 6.07) is 2.84. The predicted molar refractivity (Wildman–Crippen MR) is 184 cm³/mol. The van der Waals surface area contributed by atoms with Crippen LogP contribution in [0.25, 0.3) is 0 Å². The number of halogens is 1. The van der Waals surface area contributed by atoms with Crippen LogP contribution in [0.3, 0.4) is 0 Å². The van der Waals surface area contributed by atoms with Crippen LogP contribution in [0.1, 0.15) is 115 Å². The largest absolute Gasteiger partial charge is 0.493 e. The summed E-state index contributed by atoms with van der Waals surface area (Å²) in [5.41, 5.74) is 1.08. The first-order valence-corrected chi connectivity index (χ1v) is 18.1. The Bertz CT molecular complexity index is 1090. The number of nitrogens with one attached hydrogen (secondary N) is 1. The van der Waals surface area contributed by atoms with Crippen LogP contribution in [-0.2, 0) is 16.2 Å². The summed E-state index contributed by atoms with van der Waals surface area (Å²) in [5, 5.41) is 33.6. The molecular formula is C35H55IN2O7. The zero-order valence-corrected chi connectivity index (χ0v) is 29.4. The van der Waals surface area contributed by atoms with Gasteiger partial charge >= 0.3 is 0 Å². The molecule has 0 aliphatic heterocycles. The van der Waals surface area contributed by atoms with Crippen LogP contribution in [0.5, 0.6) is 11.5 Å². The summed E-state index contributed by atoms with van der Waals surface area (Å²) in [6.45, 7) is 1.98. The topological polar surface area (TPSA) is 129 Å². The lowest BCUT2D eigenvalue weighted by Gasteiger charge is -2.45. The van der Waals surface area contributed by atoms with Gasteiger partial charge in [-0.25, -0.2) is 0 Å². The number of rotatable bonds is 19. The van der Waals surface area contributed by atoms with Gasteiger partial charge in [-0.2, -0.15) is 0 Å². The summed E-state index contributed by atoms with van der Waals surface area (Å²) in [6.07, 6.45) is 15.7. The Morgan fingerprint density at radius 3 is 2.29 bits per heavy atom. The number of ether oxygens (including phenoxy) is 2. The van der Waals surface area contributed by atoms with Crippen molar-refractivity contribution in [3.63, 3.8) is 0 Å². The molecule has 4 N–H and O–H groups in total. The standard InChI is InChI=1S/C35H55IN2O7/c1-3-4-5-6-7-8-9-10-14-17-32(41)38(27-15-12-11-13-16-27)29-22-26(35(43)37-18-19-39)23-30(33(29)42)45-34-28(36)20-25(24-40)21-31(34)44-2/h20-21,23,27,29-30,33,39-40,42H,3-19,22,24H2,1-2H3,(H,37,43). The van der Waals surface area contributed by atoms with Crippen LogP contribution >= 0.6 is 22.6 Å². The maximum Gasteiger partial charge on any atom is 0.247 e. The van der Waals surface area contributed by atoms with Crippen LogP contribution < -0.4 is 14.8 Å². The summed E-state index contributed by atoms with van der Waals surface area (Å²) >= 11 is 2.11. The smallest absolute Gasteiger partial charge is 0.247 e. The molecule has 0 spiro atoms. The summed E-state index contributed by atoms with van der Waals surface area (Å²) in [5.74, 6) is 0.494. The Hall–Kier alpha value is -1.89. The third kappa shape index (κ3) is 11.4. The molecule has 0 heterocycles. The maximum absolute atomic E-state index is 14.0. The Labute approximate surface area is 283 Å². The van der Waals surface area contributed by atoms with Gasteiger partial charge in [0.25, 0.3) is 0 Å². The van der Waals surface area contributed by atoms with Crippen LogP contribution in [0, 0.1) is 3.57 Å². The van der Waals surface area contributed by atoms with Gasteiger partial charge in [0.1, 0.15) is 12.2 Å². The highest BCUT2D eigenvalue weighted by molar-refractivity contribution is 14.1. The van der Waals surface area contributed by atoms with Gasteiger partial charge in [-0.15, -0.1) is 0 Å². The molecule has 3 rings (SSSR count). The van der Waals surface area contributed by atoms with E-state index in [9.17, 15) is 24.9 Å². The minimum atomic E-state index is -1.08. The minimum absolute atomic E-state index is 0.00322. The Morgan fingerprint density at radius 1 is 1.00 bits per heavy atom. The zero-order valence-electron chi connectivity index (χ0n) is 27.3. The molecule has 0 aromatic heterocycles. The van der Waals surface area contributed by atoms with Crippen molar-refractivity contribution < 1.29 is 34.4 Å². The molecule has 9 nitrogen and oxygen atoms in total. The molecule has 0 saturated heterocycles. The molecule has 0 bridgehead atoms. The molecule has 254 valence electrons. The van der Waals surface area contributed by atoms with Crippen LogP contribution in [0.2, 0.25) is 0 Å².